The zero-order chi connectivity index (χ0) is 23.3. The molecule has 3 rings (SSSR count). The fourth-order valence-electron chi connectivity index (χ4n) is 2.82. The molecule has 0 radical (unpaired) electrons. The highest BCUT2D eigenvalue weighted by atomic mass is 32.2. The summed E-state index contributed by atoms with van der Waals surface area (Å²) in [5, 5.41) is 8.83. The molecule has 0 spiro atoms. The number of hydrogen-bond acceptors (Lipinski definition) is 8. The van der Waals surface area contributed by atoms with Crippen LogP contribution in [0.25, 0.3) is 0 Å². The van der Waals surface area contributed by atoms with Crippen molar-refractivity contribution in [1.29, 1.82) is 0 Å². The number of thiazole rings is 1. The Morgan fingerprint density at radius 2 is 2.06 bits per heavy atom. The van der Waals surface area contributed by atoms with Crippen LogP contribution < -0.4 is 10.5 Å². The number of benzene rings is 1. The number of halogens is 1. The van der Waals surface area contributed by atoms with Crippen molar-refractivity contribution < 1.29 is 32.2 Å². The van der Waals surface area contributed by atoms with Crippen molar-refractivity contribution in [2.75, 3.05) is 37.6 Å². The van der Waals surface area contributed by atoms with E-state index in [0.29, 0.717) is 26.3 Å². The third-order valence-electron chi connectivity index (χ3n) is 4.47. The maximum atomic E-state index is 14.5. The predicted octanol–water partition coefficient (Wildman–Crippen LogP) is 0.540. The standard InChI is InChI=1S/C18H20FN5O6S2/c19-14-8-13(32(28,29)23-16-15(17(26)27)22-10-31-16)2-1-11(14)7-12(25)9-21-18(20)24-3-5-30-6-4-24/h1-2,8,10,23H,3-7,9H2,(H2,20,21)(H,26,27). The van der Waals surface area contributed by atoms with Crippen LogP contribution in [0.5, 0.6) is 0 Å². The molecule has 32 heavy (non-hydrogen) atoms. The Balaban J connectivity index is 1.66. The van der Waals surface area contributed by atoms with Gasteiger partial charge in [0, 0.05) is 19.5 Å². The number of ketones is 1. The molecule has 0 amide bonds. The topological polar surface area (TPSA) is 164 Å². The number of carboxylic acid groups (broad SMARTS) is 1. The van der Waals surface area contributed by atoms with Crippen molar-refractivity contribution in [2.45, 2.75) is 11.3 Å². The van der Waals surface area contributed by atoms with Crippen LogP contribution in [-0.2, 0) is 26.0 Å². The summed E-state index contributed by atoms with van der Waals surface area (Å²) in [6.07, 6.45) is -0.294. The monoisotopic (exact) mass is 485 g/mol. The lowest BCUT2D eigenvalue weighted by Gasteiger charge is -2.27. The van der Waals surface area contributed by atoms with Crippen LogP contribution in [0.15, 0.2) is 33.6 Å². The van der Waals surface area contributed by atoms with Gasteiger partial charge in [0.1, 0.15) is 17.4 Å². The number of carboxylic acids is 1. The SMILES string of the molecule is NC(=NCC(=O)Cc1ccc(S(=O)(=O)Nc2scnc2C(=O)O)cc1F)N1CCOCC1. The van der Waals surface area contributed by atoms with E-state index in [1.807, 2.05) is 0 Å². The maximum absolute atomic E-state index is 14.5. The summed E-state index contributed by atoms with van der Waals surface area (Å²) in [5.74, 6) is -2.49. The lowest BCUT2D eigenvalue weighted by atomic mass is 10.1. The molecular formula is C18H20FN5O6S2. The van der Waals surface area contributed by atoms with Gasteiger partial charge in [-0.2, -0.15) is 0 Å². The first-order valence-electron chi connectivity index (χ1n) is 9.29. The molecule has 11 nitrogen and oxygen atoms in total. The first-order chi connectivity index (χ1) is 15.2. The molecule has 0 saturated carbocycles. The summed E-state index contributed by atoms with van der Waals surface area (Å²) in [7, 11) is -4.26. The first-order valence-corrected chi connectivity index (χ1v) is 11.7. The quantitative estimate of drug-likeness (QED) is 0.357. The second-order valence-corrected chi connectivity index (χ2v) is 9.22. The molecule has 0 aliphatic carbocycles. The number of nitrogens with two attached hydrogens (primary N) is 1. The van der Waals surface area contributed by atoms with Crippen molar-refractivity contribution in [3.63, 3.8) is 0 Å². The van der Waals surface area contributed by atoms with E-state index in [2.05, 4.69) is 14.7 Å². The van der Waals surface area contributed by atoms with E-state index in [1.165, 1.54) is 11.6 Å². The van der Waals surface area contributed by atoms with Crippen LogP contribution in [0.4, 0.5) is 9.39 Å². The first kappa shape index (κ1) is 23.6. The molecule has 1 saturated heterocycles. The Kier molecular flexibility index (Phi) is 7.37. The van der Waals surface area contributed by atoms with Crippen LogP contribution in [0.3, 0.4) is 0 Å². The molecule has 0 unspecified atom stereocenters. The number of aliphatic imine (C=N–C) groups is 1. The zero-order valence-corrected chi connectivity index (χ0v) is 18.3. The minimum Gasteiger partial charge on any atom is -0.476 e. The number of aromatic carboxylic acids is 1. The Bertz CT molecular complexity index is 1140. The maximum Gasteiger partial charge on any atom is 0.357 e. The normalized spacial score (nSPS) is 14.9. The minimum atomic E-state index is -4.26. The number of anilines is 1. The van der Waals surface area contributed by atoms with Gasteiger partial charge in [-0.05, 0) is 17.7 Å². The fraction of sp³-hybridized carbons (Fsp3) is 0.333. The van der Waals surface area contributed by atoms with E-state index < -0.39 is 38.2 Å². The summed E-state index contributed by atoms with van der Waals surface area (Å²) in [5.41, 5.74) is 6.56. The Morgan fingerprint density at radius 3 is 2.72 bits per heavy atom. The highest BCUT2D eigenvalue weighted by molar-refractivity contribution is 7.93. The molecule has 1 aliphatic heterocycles. The van der Waals surface area contributed by atoms with Crippen molar-refractivity contribution in [3.05, 3.63) is 40.8 Å². The molecule has 172 valence electrons. The lowest BCUT2D eigenvalue weighted by Crippen LogP contribution is -2.45. The molecule has 2 aromatic rings. The Morgan fingerprint density at radius 1 is 1.34 bits per heavy atom. The van der Waals surface area contributed by atoms with Gasteiger partial charge in [-0.15, -0.1) is 11.3 Å². The molecular weight excluding hydrogens is 465 g/mol. The molecule has 1 aliphatic rings. The number of Topliss-reactive ketones (excluding diaryl/α,β-unsaturated/α-hetero) is 1. The zero-order valence-electron chi connectivity index (χ0n) is 16.7. The smallest absolute Gasteiger partial charge is 0.357 e. The second kappa shape index (κ2) is 10.0. The van der Waals surface area contributed by atoms with Gasteiger partial charge in [0.2, 0.25) is 0 Å². The third-order valence-corrected chi connectivity index (χ3v) is 6.69. The molecule has 2 heterocycles. The van der Waals surface area contributed by atoms with E-state index in [9.17, 15) is 22.4 Å². The van der Waals surface area contributed by atoms with E-state index in [1.54, 1.807) is 4.90 Å². The highest BCUT2D eigenvalue weighted by Gasteiger charge is 2.22. The number of nitrogens with zero attached hydrogens (tertiary/aromatic N) is 3. The number of guanidine groups is 1. The Hall–Kier alpha value is -3.10. The summed E-state index contributed by atoms with van der Waals surface area (Å²) >= 11 is 0.779. The van der Waals surface area contributed by atoms with Crippen LogP contribution >= 0.6 is 11.3 Å². The molecule has 1 aromatic carbocycles. The van der Waals surface area contributed by atoms with Crippen LogP contribution in [0, 0.1) is 5.82 Å². The average Bonchev–Trinajstić information content (AvgIpc) is 3.21. The molecule has 0 bridgehead atoms. The van der Waals surface area contributed by atoms with Crippen LogP contribution in [0.1, 0.15) is 16.1 Å². The number of rotatable bonds is 8. The fourth-order valence-corrected chi connectivity index (χ4v) is 4.82. The number of nitrogens with one attached hydrogen (secondary N) is 1. The summed E-state index contributed by atoms with van der Waals surface area (Å²) in [6, 6.07) is 3.07. The van der Waals surface area contributed by atoms with Crippen molar-refractivity contribution >= 4 is 44.1 Å². The Labute approximate surface area is 186 Å². The minimum absolute atomic E-state index is 0.00175. The number of carbonyl (C=O) groups is 2. The molecule has 1 fully saturated rings. The number of sulfonamides is 1. The molecule has 4 N–H and O–H groups in total. The molecule has 1 aromatic heterocycles. The average molecular weight is 486 g/mol. The number of ether oxygens (including phenoxy) is 1. The highest BCUT2D eigenvalue weighted by Crippen LogP contribution is 2.25. The van der Waals surface area contributed by atoms with Crippen LogP contribution in [0.2, 0.25) is 0 Å². The van der Waals surface area contributed by atoms with E-state index in [0.717, 1.165) is 23.5 Å². The number of aromatic nitrogens is 1. The van der Waals surface area contributed by atoms with Gasteiger partial charge in [0.25, 0.3) is 10.0 Å². The second-order valence-electron chi connectivity index (χ2n) is 6.68. The number of carbonyl (C=O) groups excluding carboxylic acids is 1. The van der Waals surface area contributed by atoms with Crippen molar-refractivity contribution in [1.82, 2.24) is 9.88 Å². The summed E-state index contributed by atoms with van der Waals surface area (Å²) in [6.45, 7) is 1.92. The van der Waals surface area contributed by atoms with Gasteiger partial charge in [0.15, 0.2) is 17.4 Å². The summed E-state index contributed by atoms with van der Waals surface area (Å²) < 4.78 is 46.7. The lowest BCUT2D eigenvalue weighted by molar-refractivity contribution is -0.117. The van der Waals surface area contributed by atoms with Crippen LogP contribution in [-0.4, -0.2) is 74.0 Å². The number of morpholine rings is 1. The summed E-state index contributed by atoms with van der Waals surface area (Å²) in [4.78, 5) is 32.2. The molecule has 14 heteroatoms. The van der Waals surface area contributed by atoms with E-state index in [4.69, 9.17) is 15.6 Å². The van der Waals surface area contributed by atoms with Gasteiger partial charge in [-0.25, -0.2) is 27.6 Å². The van der Waals surface area contributed by atoms with Crippen molar-refractivity contribution in [2.24, 2.45) is 10.7 Å². The van der Waals surface area contributed by atoms with Gasteiger partial charge >= 0.3 is 5.97 Å². The van der Waals surface area contributed by atoms with E-state index in [-0.39, 0.29) is 29.5 Å². The largest absolute Gasteiger partial charge is 0.476 e. The molecule has 0 atom stereocenters. The van der Waals surface area contributed by atoms with Gasteiger partial charge in [0.05, 0.1) is 23.6 Å². The third kappa shape index (κ3) is 5.77. The van der Waals surface area contributed by atoms with Gasteiger partial charge in [-0.3, -0.25) is 9.52 Å². The number of hydrogen-bond donors (Lipinski definition) is 3. The van der Waals surface area contributed by atoms with E-state index >= 15 is 0 Å². The predicted molar refractivity (Wildman–Crippen MR) is 114 cm³/mol. The van der Waals surface area contributed by atoms with Gasteiger partial charge < -0.3 is 20.5 Å². The van der Waals surface area contributed by atoms with Gasteiger partial charge in [-0.1, -0.05) is 6.07 Å². The van der Waals surface area contributed by atoms with Crippen molar-refractivity contribution in [3.8, 4) is 0 Å².